The second kappa shape index (κ2) is 12.7. The van der Waals surface area contributed by atoms with Crippen LogP contribution in [-0.4, -0.2) is 68.2 Å². The summed E-state index contributed by atoms with van der Waals surface area (Å²) in [6.45, 7) is 11.7. The largest absolute Gasteiger partial charge is 0.376 e. The second-order valence-corrected chi connectivity index (χ2v) is 8.71. The number of guanidine groups is 1. The molecule has 2 heterocycles. The van der Waals surface area contributed by atoms with Gasteiger partial charge in [-0.05, 0) is 37.3 Å². The van der Waals surface area contributed by atoms with Crippen molar-refractivity contribution in [2.75, 3.05) is 46.4 Å². The highest BCUT2D eigenvalue weighted by Crippen LogP contribution is 2.20. The van der Waals surface area contributed by atoms with Crippen LogP contribution in [0.3, 0.4) is 0 Å². The third-order valence-electron chi connectivity index (χ3n) is 5.86. The van der Waals surface area contributed by atoms with Crippen molar-refractivity contribution in [3.8, 4) is 0 Å². The first-order chi connectivity index (χ1) is 13.7. The summed E-state index contributed by atoms with van der Waals surface area (Å²) in [6.07, 6.45) is 3.80. The van der Waals surface area contributed by atoms with Crippen LogP contribution in [0, 0.1) is 11.8 Å². The zero-order valence-corrected chi connectivity index (χ0v) is 20.7. The topological polar surface area (TPSA) is 40.1 Å². The fourth-order valence-corrected chi connectivity index (χ4v) is 4.46. The van der Waals surface area contributed by atoms with Crippen LogP contribution in [0.4, 0.5) is 0 Å². The Kier molecular flexibility index (Phi) is 10.7. The Bertz CT molecular complexity index is 610. The van der Waals surface area contributed by atoms with Crippen molar-refractivity contribution in [3.63, 3.8) is 0 Å². The summed E-state index contributed by atoms with van der Waals surface area (Å²) in [6, 6.07) is 11.1. The smallest absolute Gasteiger partial charge is 0.193 e. The third kappa shape index (κ3) is 7.72. The first-order valence-corrected chi connectivity index (χ1v) is 11.0. The van der Waals surface area contributed by atoms with Gasteiger partial charge >= 0.3 is 0 Å². The first-order valence-electron chi connectivity index (χ1n) is 11.0. The fourth-order valence-electron chi connectivity index (χ4n) is 4.46. The van der Waals surface area contributed by atoms with Gasteiger partial charge in [0.1, 0.15) is 0 Å². The zero-order valence-electron chi connectivity index (χ0n) is 18.3. The summed E-state index contributed by atoms with van der Waals surface area (Å²) >= 11 is 0. The molecule has 3 rings (SSSR count). The van der Waals surface area contributed by atoms with E-state index in [0.717, 1.165) is 38.1 Å². The summed E-state index contributed by atoms with van der Waals surface area (Å²) in [5.74, 6) is 2.38. The molecule has 1 aromatic rings. The number of benzene rings is 1. The normalized spacial score (nSPS) is 22.9. The third-order valence-corrected chi connectivity index (χ3v) is 5.86. The summed E-state index contributed by atoms with van der Waals surface area (Å²) in [4.78, 5) is 9.60. The van der Waals surface area contributed by atoms with E-state index in [9.17, 15) is 0 Å². The Labute approximate surface area is 194 Å². The van der Waals surface area contributed by atoms with Crippen LogP contribution in [0.2, 0.25) is 0 Å². The second-order valence-electron chi connectivity index (χ2n) is 8.71. The Morgan fingerprint density at radius 2 is 2.00 bits per heavy atom. The molecule has 0 spiro atoms. The van der Waals surface area contributed by atoms with Gasteiger partial charge in [-0.25, -0.2) is 0 Å². The molecule has 2 saturated heterocycles. The molecule has 0 aromatic heterocycles. The van der Waals surface area contributed by atoms with Crippen molar-refractivity contribution >= 4 is 29.9 Å². The van der Waals surface area contributed by atoms with Gasteiger partial charge in [0.25, 0.3) is 0 Å². The number of aliphatic imine (C=N–C) groups is 1. The van der Waals surface area contributed by atoms with E-state index < -0.39 is 0 Å². The van der Waals surface area contributed by atoms with Gasteiger partial charge < -0.3 is 15.0 Å². The van der Waals surface area contributed by atoms with Gasteiger partial charge in [0.15, 0.2) is 5.96 Å². The Hall–Kier alpha value is -0.860. The molecule has 2 aliphatic heterocycles. The predicted octanol–water partition coefficient (Wildman–Crippen LogP) is 3.84. The maximum Gasteiger partial charge on any atom is 0.193 e. The van der Waals surface area contributed by atoms with Gasteiger partial charge in [-0.3, -0.25) is 9.89 Å². The minimum absolute atomic E-state index is 0. The molecule has 0 amide bonds. The van der Waals surface area contributed by atoms with Crippen molar-refractivity contribution in [1.82, 2.24) is 15.1 Å². The van der Waals surface area contributed by atoms with E-state index in [1.54, 1.807) is 0 Å². The van der Waals surface area contributed by atoms with E-state index in [4.69, 9.17) is 4.74 Å². The lowest BCUT2D eigenvalue weighted by Gasteiger charge is -2.28. The van der Waals surface area contributed by atoms with Crippen molar-refractivity contribution in [3.05, 3.63) is 35.9 Å². The standard InChI is InChI=1S/C23H38N4O.HI/c1-19(2)15-26-12-7-10-22(26)14-25-23(24-3)27-13-11-21(16-27)18-28-17-20-8-5-4-6-9-20;/h4-6,8-9,19,21-22H,7,10-18H2,1-3H3,(H,24,25);1H/t21?,22-;/m1./s1. The highest BCUT2D eigenvalue weighted by molar-refractivity contribution is 14.0. The molecule has 0 aliphatic carbocycles. The Balaban J connectivity index is 0.00000300. The average molecular weight is 514 g/mol. The molecule has 6 heteroatoms. The molecule has 2 aliphatic rings. The number of hydrogen-bond donors (Lipinski definition) is 1. The fraction of sp³-hybridized carbons (Fsp3) is 0.696. The quantitative estimate of drug-likeness (QED) is 0.325. The molecule has 29 heavy (non-hydrogen) atoms. The van der Waals surface area contributed by atoms with E-state index in [1.807, 2.05) is 13.1 Å². The Morgan fingerprint density at radius 1 is 1.21 bits per heavy atom. The number of halogens is 1. The van der Waals surface area contributed by atoms with Crippen LogP contribution >= 0.6 is 24.0 Å². The van der Waals surface area contributed by atoms with Crippen LogP contribution in [0.15, 0.2) is 35.3 Å². The minimum Gasteiger partial charge on any atom is -0.376 e. The molecule has 0 radical (unpaired) electrons. The molecular formula is C23H39IN4O. The van der Waals surface area contributed by atoms with Crippen molar-refractivity contribution in [1.29, 1.82) is 0 Å². The van der Waals surface area contributed by atoms with Gasteiger partial charge in [0.05, 0.1) is 13.2 Å². The van der Waals surface area contributed by atoms with E-state index in [-0.39, 0.29) is 24.0 Å². The van der Waals surface area contributed by atoms with Crippen molar-refractivity contribution in [2.24, 2.45) is 16.8 Å². The van der Waals surface area contributed by atoms with Gasteiger partial charge in [-0.15, -0.1) is 24.0 Å². The summed E-state index contributed by atoms with van der Waals surface area (Å²) in [7, 11) is 1.90. The maximum absolute atomic E-state index is 5.96. The molecule has 1 N–H and O–H groups in total. The highest BCUT2D eigenvalue weighted by Gasteiger charge is 2.28. The van der Waals surface area contributed by atoms with E-state index in [0.29, 0.717) is 18.6 Å². The van der Waals surface area contributed by atoms with Crippen LogP contribution < -0.4 is 5.32 Å². The lowest BCUT2D eigenvalue weighted by molar-refractivity contribution is 0.0906. The number of nitrogens with one attached hydrogen (secondary N) is 1. The molecule has 164 valence electrons. The van der Waals surface area contributed by atoms with Gasteiger partial charge in [0, 0.05) is 45.2 Å². The molecule has 0 saturated carbocycles. The lowest BCUT2D eigenvalue weighted by atomic mass is 10.1. The molecule has 0 bridgehead atoms. The molecule has 2 atom stereocenters. The number of likely N-dealkylation sites (tertiary alicyclic amines) is 2. The average Bonchev–Trinajstić information content (AvgIpc) is 3.33. The molecule has 1 aromatic carbocycles. The number of hydrogen-bond acceptors (Lipinski definition) is 3. The molecule has 2 fully saturated rings. The van der Waals surface area contributed by atoms with Crippen LogP contribution in [0.5, 0.6) is 0 Å². The van der Waals surface area contributed by atoms with Gasteiger partial charge in [-0.2, -0.15) is 0 Å². The molecular weight excluding hydrogens is 475 g/mol. The van der Waals surface area contributed by atoms with Crippen LogP contribution in [0.25, 0.3) is 0 Å². The lowest BCUT2D eigenvalue weighted by Crippen LogP contribution is -2.46. The van der Waals surface area contributed by atoms with Crippen LogP contribution in [0.1, 0.15) is 38.7 Å². The SMILES string of the molecule is CN=C(NC[C@H]1CCCN1CC(C)C)N1CCC(COCc2ccccc2)C1.I. The first kappa shape index (κ1) is 24.4. The van der Waals surface area contributed by atoms with Crippen molar-refractivity contribution in [2.45, 2.75) is 45.8 Å². The molecule has 1 unspecified atom stereocenters. The van der Waals surface area contributed by atoms with E-state index in [2.05, 4.69) is 58.2 Å². The number of nitrogens with zero attached hydrogens (tertiary/aromatic N) is 3. The maximum atomic E-state index is 5.96. The summed E-state index contributed by atoms with van der Waals surface area (Å²) in [5.41, 5.74) is 1.25. The van der Waals surface area contributed by atoms with Crippen molar-refractivity contribution < 1.29 is 4.74 Å². The zero-order chi connectivity index (χ0) is 19.8. The van der Waals surface area contributed by atoms with Gasteiger partial charge in [-0.1, -0.05) is 44.2 Å². The summed E-state index contributed by atoms with van der Waals surface area (Å²) in [5, 5.41) is 3.65. The number of ether oxygens (including phenoxy) is 1. The number of rotatable bonds is 8. The Morgan fingerprint density at radius 3 is 2.72 bits per heavy atom. The van der Waals surface area contributed by atoms with Crippen LogP contribution in [-0.2, 0) is 11.3 Å². The van der Waals surface area contributed by atoms with E-state index >= 15 is 0 Å². The minimum atomic E-state index is 0. The van der Waals surface area contributed by atoms with Gasteiger partial charge in [0.2, 0.25) is 0 Å². The predicted molar refractivity (Wildman–Crippen MR) is 132 cm³/mol. The van der Waals surface area contributed by atoms with E-state index in [1.165, 1.54) is 37.9 Å². The monoisotopic (exact) mass is 514 g/mol. The highest BCUT2D eigenvalue weighted by atomic mass is 127. The molecule has 5 nitrogen and oxygen atoms in total. The summed E-state index contributed by atoms with van der Waals surface area (Å²) < 4.78 is 5.96.